The molecular weight excluding hydrogens is 521 g/mol. The van der Waals surface area contributed by atoms with Crippen molar-refractivity contribution in [2.75, 3.05) is 13.2 Å². The molecule has 3 heterocycles. The molecule has 0 N–H and O–H groups in total. The van der Waals surface area contributed by atoms with Crippen LogP contribution in [0, 0.1) is 0 Å². The molecular formula is C23H21F3N2O6S2. The van der Waals surface area contributed by atoms with Crippen LogP contribution in [0.1, 0.15) is 31.6 Å². The maximum Gasteiger partial charge on any atom is 0.452 e. The number of esters is 1. The Bertz CT molecular complexity index is 1500. The molecule has 1 aromatic carbocycles. The van der Waals surface area contributed by atoms with E-state index in [-0.39, 0.29) is 34.2 Å². The molecule has 13 heteroatoms. The maximum atomic E-state index is 13.5. The number of benzene rings is 1. The second kappa shape index (κ2) is 9.97. The van der Waals surface area contributed by atoms with E-state index in [1.807, 2.05) is 6.92 Å². The van der Waals surface area contributed by atoms with Gasteiger partial charge in [0.05, 0.1) is 23.6 Å². The minimum atomic E-state index is -4.71. The number of alkyl halides is 3. The van der Waals surface area contributed by atoms with Gasteiger partial charge in [0.25, 0.3) is 10.0 Å². The SMILES string of the molecule is CCOC(=O)CCc1cn(S(=O)(=O)c2ccc(-c3cc(C(F)(F)F)on3)s2)c2ccc(OCC)cc12. The van der Waals surface area contributed by atoms with E-state index in [2.05, 4.69) is 9.68 Å². The molecule has 0 atom stereocenters. The average molecular weight is 543 g/mol. The normalized spacial score (nSPS) is 12.2. The minimum Gasteiger partial charge on any atom is -0.494 e. The van der Waals surface area contributed by atoms with Gasteiger partial charge < -0.3 is 14.0 Å². The lowest BCUT2D eigenvalue weighted by Gasteiger charge is -2.07. The van der Waals surface area contributed by atoms with Crippen molar-refractivity contribution in [2.24, 2.45) is 0 Å². The van der Waals surface area contributed by atoms with E-state index >= 15 is 0 Å². The van der Waals surface area contributed by atoms with Gasteiger partial charge in [-0.1, -0.05) is 5.16 Å². The zero-order valence-corrected chi connectivity index (χ0v) is 20.8. The smallest absolute Gasteiger partial charge is 0.452 e. The Labute approximate surface area is 208 Å². The number of thiophene rings is 1. The number of halogens is 3. The summed E-state index contributed by atoms with van der Waals surface area (Å²) in [5, 5.41) is 4.01. The van der Waals surface area contributed by atoms with E-state index < -0.39 is 27.9 Å². The van der Waals surface area contributed by atoms with Gasteiger partial charge in [-0.2, -0.15) is 21.6 Å². The summed E-state index contributed by atoms with van der Waals surface area (Å²) < 4.78 is 81.5. The summed E-state index contributed by atoms with van der Waals surface area (Å²) in [5.41, 5.74) is 0.849. The van der Waals surface area contributed by atoms with Crippen molar-refractivity contribution < 1.29 is 40.4 Å². The third-order valence-electron chi connectivity index (χ3n) is 5.18. The monoisotopic (exact) mass is 542 g/mol. The predicted octanol–water partition coefficient (Wildman–Crippen LogP) is 5.51. The molecule has 0 fully saturated rings. The van der Waals surface area contributed by atoms with Gasteiger partial charge >= 0.3 is 12.1 Å². The van der Waals surface area contributed by atoms with E-state index in [1.54, 1.807) is 25.1 Å². The van der Waals surface area contributed by atoms with E-state index in [0.717, 1.165) is 21.4 Å². The van der Waals surface area contributed by atoms with Crippen LogP contribution >= 0.6 is 11.3 Å². The van der Waals surface area contributed by atoms with Crippen LogP contribution in [0.5, 0.6) is 5.75 Å². The third-order valence-corrected chi connectivity index (χ3v) is 8.42. The second-order valence-electron chi connectivity index (χ2n) is 7.57. The number of carbonyl (C=O) groups excluding carboxylic acids is 1. The number of carbonyl (C=O) groups is 1. The number of aryl methyl sites for hydroxylation is 1. The van der Waals surface area contributed by atoms with Gasteiger partial charge in [-0.15, -0.1) is 11.3 Å². The van der Waals surface area contributed by atoms with Gasteiger partial charge in [-0.05, 0) is 56.2 Å². The van der Waals surface area contributed by atoms with E-state index in [4.69, 9.17) is 9.47 Å². The molecule has 4 aromatic rings. The molecule has 0 spiro atoms. The molecule has 36 heavy (non-hydrogen) atoms. The lowest BCUT2D eigenvalue weighted by Crippen LogP contribution is -2.10. The summed E-state index contributed by atoms with van der Waals surface area (Å²) in [5.74, 6) is -1.14. The van der Waals surface area contributed by atoms with Gasteiger partial charge in [-0.3, -0.25) is 4.79 Å². The van der Waals surface area contributed by atoms with E-state index in [1.165, 1.54) is 18.3 Å². The topological polar surface area (TPSA) is 101 Å². The van der Waals surface area contributed by atoms with Crippen molar-refractivity contribution in [3.05, 3.63) is 53.9 Å². The van der Waals surface area contributed by atoms with Gasteiger partial charge in [0.1, 0.15) is 15.7 Å². The van der Waals surface area contributed by atoms with Crippen molar-refractivity contribution in [2.45, 2.75) is 37.1 Å². The fourth-order valence-corrected chi connectivity index (χ4v) is 6.33. The first-order chi connectivity index (χ1) is 17.0. The molecule has 8 nitrogen and oxygen atoms in total. The van der Waals surface area contributed by atoms with Crippen LogP contribution in [0.4, 0.5) is 13.2 Å². The minimum absolute atomic E-state index is 0.0582. The molecule has 0 saturated heterocycles. The lowest BCUT2D eigenvalue weighted by molar-refractivity contribution is -0.155. The number of ether oxygens (including phenoxy) is 2. The van der Waals surface area contributed by atoms with Crippen molar-refractivity contribution in [1.82, 2.24) is 9.13 Å². The summed E-state index contributed by atoms with van der Waals surface area (Å²) in [6.45, 7) is 4.17. The molecule has 0 aliphatic rings. The second-order valence-corrected chi connectivity index (χ2v) is 10.7. The molecule has 192 valence electrons. The number of fused-ring (bicyclic) bond motifs is 1. The van der Waals surface area contributed by atoms with Crippen LogP contribution in [0.2, 0.25) is 0 Å². The fourth-order valence-electron chi connectivity index (χ4n) is 3.59. The molecule has 0 bridgehead atoms. The Morgan fingerprint density at radius 2 is 1.92 bits per heavy atom. The van der Waals surface area contributed by atoms with Crippen molar-refractivity contribution in [1.29, 1.82) is 0 Å². The molecule has 0 radical (unpaired) electrons. The Kier molecular flexibility index (Phi) is 7.14. The average Bonchev–Trinajstić information content (AvgIpc) is 3.56. The van der Waals surface area contributed by atoms with E-state index in [0.29, 0.717) is 28.8 Å². The molecule has 0 aliphatic carbocycles. The first kappa shape index (κ1) is 25.8. The van der Waals surface area contributed by atoms with Gasteiger partial charge in [0.15, 0.2) is 0 Å². The molecule has 4 rings (SSSR count). The molecule has 0 aliphatic heterocycles. The Hall–Kier alpha value is -3.32. The number of hydrogen-bond donors (Lipinski definition) is 0. The first-order valence-electron chi connectivity index (χ1n) is 10.9. The molecule has 0 amide bonds. The number of nitrogens with zero attached hydrogens (tertiary/aromatic N) is 2. The van der Waals surface area contributed by atoms with Crippen molar-refractivity contribution in [3.8, 4) is 16.3 Å². The maximum absolute atomic E-state index is 13.5. The summed E-state index contributed by atoms with van der Waals surface area (Å²) in [6, 6.07) is 8.34. The highest BCUT2D eigenvalue weighted by molar-refractivity contribution is 7.92. The van der Waals surface area contributed by atoms with Crippen molar-refractivity contribution in [3.63, 3.8) is 0 Å². The van der Waals surface area contributed by atoms with Crippen LogP contribution in [0.3, 0.4) is 0 Å². The summed E-state index contributed by atoms with van der Waals surface area (Å²) in [4.78, 5) is 12.1. The largest absolute Gasteiger partial charge is 0.494 e. The van der Waals surface area contributed by atoms with Crippen LogP contribution in [-0.2, 0) is 32.2 Å². The number of hydrogen-bond acceptors (Lipinski definition) is 8. The molecule has 0 unspecified atom stereocenters. The highest BCUT2D eigenvalue weighted by Crippen LogP contribution is 2.37. The van der Waals surface area contributed by atoms with Crippen molar-refractivity contribution >= 4 is 38.2 Å². The lowest BCUT2D eigenvalue weighted by atomic mass is 10.1. The highest BCUT2D eigenvalue weighted by Gasteiger charge is 2.36. The molecule has 3 aromatic heterocycles. The summed E-state index contributed by atoms with van der Waals surface area (Å²) in [7, 11) is -4.13. The standard InChI is InChI=1S/C23H21F3N2O6S2/c1-3-32-15-6-7-18-16(11-15)14(5-9-21(29)33-4-2)13-28(18)36(30,31)22-10-8-19(35-22)17-12-20(34-27-17)23(24,25)26/h6-8,10-13H,3-5,9H2,1-2H3. The number of rotatable bonds is 9. The van der Waals surface area contributed by atoms with Gasteiger partial charge in [-0.25, -0.2) is 3.97 Å². The zero-order chi connectivity index (χ0) is 26.1. The van der Waals surface area contributed by atoms with E-state index in [9.17, 15) is 26.4 Å². The Morgan fingerprint density at radius 1 is 1.14 bits per heavy atom. The zero-order valence-electron chi connectivity index (χ0n) is 19.2. The predicted molar refractivity (Wildman–Crippen MR) is 125 cm³/mol. The van der Waals surface area contributed by atoms with Crippen LogP contribution in [0.25, 0.3) is 21.5 Å². The van der Waals surface area contributed by atoms with Crippen LogP contribution in [0.15, 0.2) is 51.3 Å². The fraction of sp³-hybridized carbons (Fsp3) is 0.304. The quantitative estimate of drug-likeness (QED) is 0.257. The highest BCUT2D eigenvalue weighted by atomic mass is 32.2. The first-order valence-corrected chi connectivity index (χ1v) is 13.1. The third kappa shape index (κ3) is 5.12. The number of aromatic nitrogens is 2. The summed E-state index contributed by atoms with van der Waals surface area (Å²) in [6.07, 6.45) is -2.97. The molecule has 0 saturated carbocycles. The Morgan fingerprint density at radius 3 is 2.58 bits per heavy atom. The van der Waals surface area contributed by atoms with Crippen LogP contribution in [-0.4, -0.2) is 36.7 Å². The van der Waals surface area contributed by atoms with Gasteiger partial charge in [0.2, 0.25) is 5.76 Å². The summed E-state index contributed by atoms with van der Waals surface area (Å²) >= 11 is 0.768. The Balaban J connectivity index is 1.73. The van der Waals surface area contributed by atoms with Gasteiger partial charge in [0, 0.05) is 24.1 Å². The van der Waals surface area contributed by atoms with Crippen LogP contribution < -0.4 is 4.74 Å².